The van der Waals surface area contributed by atoms with Crippen molar-refractivity contribution < 1.29 is 0 Å². The number of rotatable bonds is 7. The van der Waals surface area contributed by atoms with E-state index in [-0.39, 0.29) is 0 Å². The van der Waals surface area contributed by atoms with Gasteiger partial charge >= 0.3 is 0 Å². The third-order valence-electron chi connectivity index (χ3n) is 4.02. The van der Waals surface area contributed by atoms with E-state index in [2.05, 4.69) is 59.5 Å². The molecule has 2 rings (SSSR count). The Bertz CT molecular complexity index is 561. The van der Waals surface area contributed by atoms with Crippen molar-refractivity contribution in [1.82, 2.24) is 19.4 Å². The highest BCUT2D eigenvalue weighted by atomic mass is 15.2. The summed E-state index contributed by atoms with van der Waals surface area (Å²) in [7, 11) is 2.16. The van der Waals surface area contributed by atoms with Crippen LogP contribution in [-0.4, -0.2) is 32.5 Å². The van der Waals surface area contributed by atoms with Gasteiger partial charge in [0.15, 0.2) is 0 Å². The first-order valence-electron chi connectivity index (χ1n) is 7.72. The van der Waals surface area contributed by atoms with Crippen molar-refractivity contribution in [2.75, 3.05) is 7.05 Å². The maximum atomic E-state index is 4.50. The Kier molecular flexibility index (Phi) is 5.51. The van der Waals surface area contributed by atoms with Gasteiger partial charge in [-0.05, 0) is 38.9 Å². The van der Waals surface area contributed by atoms with Gasteiger partial charge < -0.3 is 4.57 Å². The predicted molar refractivity (Wildman–Crippen MR) is 86.1 cm³/mol. The molecule has 4 nitrogen and oxygen atoms in total. The van der Waals surface area contributed by atoms with Gasteiger partial charge in [-0.25, -0.2) is 4.98 Å². The zero-order valence-corrected chi connectivity index (χ0v) is 13.6. The number of likely N-dealkylation sites (N-methyl/N-ethyl adjacent to an activating group) is 1. The Morgan fingerprint density at radius 1 is 1.29 bits per heavy atom. The van der Waals surface area contributed by atoms with Crippen LogP contribution in [0.5, 0.6) is 0 Å². The zero-order valence-electron chi connectivity index (χ0n) is 13.6. The number of pyridine rings is 1. The molecule has 0 bridgehead atoms. The van der Waals surface area contributed by atoms with Crippen molar-refractivity contribution in [1.29, 1.82) is 0 Å². The van der Waals surface area contributed by atoms with Gasteiger partial charge in [0, 0.05) is 43.3 Å². The molecule has 0 aliphatic heterocycles. The molecule has 0 spiro atoms. The Balaban J connectivity index is 1.98. The number of hydrogen-bond acceptors (Lipinski definition) is 3. The molecule has 0 unspecified atom stereocenters. The molecule has 0 aromatic carbocycles. The highest BCUT2D eigenvalue weighted by molar-refractivity contribution is 5.18. The Morgan fingerprint density at radius 2 is 2.10 bits per heavy atom. The minimum absolute atomic E-state index is 0.436. The molecule has 0 aliphatic rings. The minimum Gasteiger partial charge on any atom is -0.334 e. The predicted octanol–water partition coefficient (Wildman–Crippen LogP) is 3.06. The number of aromatic nitrogens is 3. The van der Waals surface area contributed by atoms with E-state index in [1.807, 2.05) is 18.5 Å². The molecule has 4 heteroatoms. The van der Waals surface area contributed by atoms with Gasteiger partial charge in [0.05, 0.1) is 6.54 Å². The van der Waals surface area contributed by atoms with Crippen LogP contribution in [0.25, 0.3) is 0 Å². The second-order valence-corrected chi connectivity index (χ2v) is 5.77. The van der Waals surface area contributed by atoms with E-state index in [9.17, 15) is 0 Å². The summed E-state index contributed by atoms with van der Waals surface area (Å²) in [6.07, 6.45) is 7.95. The molecule has 1 atom stereocenters. The van der Waals surface area contributed by atoms with Crippen molar-refractivity contribution in [3.05, 3.63) is 47.8 Å². The number of aryl methyl sites for hydroxylation is 2. The maximum absolute atomic E-state index is 4.50. The lowest BCUT2D eigenvalue weighted by Crippen LogP contribution is -2.32. The molecule has 0 amide bonds. The fourth-order valence-corrected chi connectivity index (χ4v) is 2.48. The number of nitrogens with zero attached hydrogens (tertiary/aromatic N) is 4. The first-order chi connectivity index (χ1) is 10.1. The third-order valence-corrected chi connectivity index (χ3v) is 4.02. The monoisotopic (exact) mass is 286 g/mol. The lowest BCUT2D eigenvalue weighted by atomic mass is 10.1. The van der Waals surface area contributed by atoms with E-state index in [1.54, 1.807) is 0 Å². The fraction of sp³-hybridized carbons (Fsp3) is 0.529. The summed E-state index contributed by atoms with van der Waals surface area (Å²) in [6.45, 7) is 8.49. The van der Waals surface area contributed by atoms with Crippen molar-refractivity contribution in [2.45, 2.75) is 52.7 Å². The van der Waals surface area contributed by atoms with Crippen LogP contribution in [0.15, 0.2) is 30.7 Å². The van der Waals surface area contributed by atoms with Crippen LogP contribution < -0.4 is 0 Å². The van der Waals surface area contributed by atoms with Gasteiger partial charge in [-0.3, -0.25) is 9.88 Å². The van der Waals surface area contributed by atoms with Gasteiger partial charge in [-0.15, -0.1) is 0 Å². The molecule has 0 saturated heterocycles. The quantitative estimate of drug-likeness (QED) is 0.784. The third kappa shape index (κ3) is 4.14. The molecular formula is C17H26N4. The average Bonchev–Trinajstić information content (AvgIpc) is 2.89. The van der Waals surface area contributed by atoms with Crippen molar-refractivity contribution in [3.8, 4) is 0 Å². The summed E-state index contributed by atoms with van der Waals surface area (Å²) < 4.78 is 2.25. The van der Waals surface area contributed by atoms with E-state index in [0.29, 0.717) is 6.04 Å². The molecule has 2 aromatic rings. The van der Waals surface area contributed by atoms with Crippen LogP contribution in [0.3, 0.4) is 0 Å². The topological polar surface area (TPSA) is 34.0 Å². The zero-order chi connectivity index (χ0) is 15.2. The van der Waals surface area contributed by atoms with E-state index in [1.165, 1.54) is 11.3 Å². The molecule has 0 aliphatic carbocycles. The molecule has 21 heavy (non-hydrogen) atoms. The smallest absolute Gasteiger partial charge is 0.122 e. The highest BCUT2D eigenvalue weighted by Crippen LogP contribution is 2.12. The van der Waals surface area contributed by atoms with Crippen molar-refractivity contribution in [3.63, 3.8) is 0 Å². The van der Waals surface area contributed by atoms with Crippen LogP contribution in [0.1, 0.15) is 37.4 Å². The first-order valence-corrected chi connectivity index (χ1v) is 7.72. The molecular weight excluding hydrogens is 260 g/mol. The first kappa shape index (κ1) is 15.7. The minimum atomic E-state index is 0.436. The average molecular weight is 286 g/mol. The summed E-state index contributed by atoms with van der Waals surface area (Å²) in [4.78, 5) is 11.3. The summed E-state index contributed by atoms with van der Waals surface area (Å²) in [5.41, 5.74) is 2.46. The molecule has 0 fully saturated rings. The van der Waals surface area contributed by atoms with Crippen molar-refractivity contribution >= 4 is 0 Å². The normalized spacial score (nSPS) is 12.8. The Morgan fingerprint density at radius 3 is 2.81 bits per heavy atom. The van der Waals surface area contributed by atoms with Gasteiger partial charge in [0.25, 0.3) is 0 Å². The van der Waals surface area contributed by atoms with Gasteiger partial charge in [-0.1, -0.05) is 13.0 Å². The van der Waals surface area contributed by atoms with Gasteiger partial charge in [0.2, 0.25) is 0 Å². The van der Waals surface area contributed by atoms with E-state index in [4.69, 9.17) is 0 Å². The maximum Gasteiger partial charge on any atom is 0.122 e. The molecule has 114 valence electrons. The largest absolute Gasteiger partial charge is 0.334 e. The number of hydrogen-bond donors (Lipinski definition) is 0. The second kappa shape index (κ2) is 7.36. The number of imidazole rings is 1. The fourth-order valence-electron chi connectivity index (χ4n) is 2.48. The standard InChI is InChI=1S/C17H26N4/c1-5-10-21-11-9-19-17(21)13-20(4)15(3)12-16-14(2)7-6-8-18-16/h6-9,11,15H,5,10,12-13H2,1-4H3/t15-/m1/s1. The molecule has 2 heterocycles. The summed E-state index contributed by atoms with van der Waals surface area (Å²) in [5, 5.41) is 0. The van der Waals surface area contributed by atoms with Crippen LogP contribution >= 0.6 is 0 Å². The van der Waals surface area contributed by atoms with E-state index < -0.39 is 0 Å². The van der Waals surface area contributed by atoms with Crippen LogP contribution in [0.4, 0.5) is 0 Å². The Hall–Kier alpha value is -1.68. The summed E-state index contributed by atoms with van der Waals surface area (Å²) in [6, 6.07) is 4.56. The van der Waals surface area contributed by atoms with E-state index >= 15 is 0 Å². The molecule has 0 radical (unpaired) electrons. The van der Waals surface area contributed by atoms with Gasteiger partial charge in [0.1, 0.15) is 5.82 Å². The van der Waals surface area contributed by atoms with Crippen LogP contribution in [0, 0.1) is 6.92 Å². The molecule has 2 aromatic heterocycles. The second-order valence-electron chi connectivity index (χ2n) is 5.77. The molecule has 0 saturated carbocycles. The Labute approximate surface area is 127 Å². The van der Waals surface area contributed by atoms with E-state index in [0.717, 1.165) is 31.8 Å². The van der Waals surface area contributed by atoms with Gasteiger partial charge in [-0.2, -0.15) is 0 Å². The van der Waals surface area contributed by atoms with Crippen molar-refractivity contribution in [2.24, 2.45) is 0 Å². The lowest BCUT2D eigenvalue weighted by Gasteiger charge is -2.25. The SMILES string of the molecule is CCCn1ccnc1CN(C)[C@H](C)Cc1ncccc1C. The summed E-state index contributed by atoms with van der Waals surface area (Å²) >= 11 is 0. The lowest BCUT2D eigenvalue weighted by molar-refractivity contribution is 0.237. The van der Waals surface area contributed by atoms with Crippen LogP contribution in [-0.2, 0) is 19.5 Å². The highest BCUT2D eigenvalue weighted by Gasteiger charge is 2.14. The van der Waals surface area contributed by atoms with Crippen LogP contribution in [0.2, 0.25) is 0 Å². The molecule has 0 N–H and O–H groups in total. The summed E-state index contributed by atoms with van der Waals surface area (Å²) in [5.74, 6) is 1.14.